The van der Waals surface area contributed by atoms with E-state index in [9.17, 15) is 9.59 Å². The number of aromatic amines is 1. The zero-order chi connectivity index (χ0) is 17.1. The minimum atomic E-state index is -0.794. The lowest BCUT2D eigenvalue weighted by molar-refractivity contribution is -0.146. The number of thiophene rings is 1. The van der Waals surface area contributed by atoms with Crippen LogP contribution in [0.1, 0.15) is 35.0 Å². The van der Waals surface area contributed by atoms with E-state index in [1.807, 2.05) is 48.0 Å². The lowest BCUT2D eigenvalue weighted by Crippen LogP contribution is -2.25. The molecule has 0 saturated carbocycles. The fourth-order valence-corrected chi connectivity index (χ4v) is 3.49. The summed E-state index contributed by atoms with van der Waals surface area (Å²) >= 11 is 1.60. The van der Waals surface area contributed by atoms with Crippen molar-refractivity contribution in [1.29, 1.82) is 0 Å². The summed E-state index contributed by atoms with van der Waals surface area (Å²) in [6.07, 6.45) is 0.120. The molecule has 3 aromatic rings. The van der Waals surface area contributed by atoms with E-state index >= 15 is 0 Å². The zero-order valence-corrected chi connectivity index (χ0v) is 14.5. The Bertz CT molecular complexity index is 864. The van der Waals surface area contributed by atoms with Crippen LogP contribution >= 0.6 is 11.3 Å². The summed E-state index contributed by atoms with van der Waals surface area (Å²) in [5, 5.41) is 4.85. The highest BCUT2D eigenvalue weighted by molar-refractivity contribution is 7.07. The summed E-state index contributed by atoms with van der Waals surface area (Å²) in [5.41, 5.74) is 3.42. The van der Waals surface area contributed by atoms with E-state index in [0.717, 1.165) is 22.2 Å². The predicted molar refractivity (Wildman–Crippen MR) is 95.6 cm³/mol. The minimum Gasteiger partial charge on any atom is -0.454 e. The van der Waals surface area contributed by atoms with Crippen LogP contribution in [0.3, 0.4) is 0 Å². The maximum absolute atomic E-state index is 12.7. The van der Waals surface area contributed by atoms with Gasteiger partial charge < -0.3 is 9.72 Å². The maximum atomic E-state index is 12.7. The number of para-hydroxylation sites is 1. The molecule has 0 saturated heterocycles. The minimum absolute atomic E-state index is 0.172. The molecule has 5 heteroatoms. The van der Waals surface area contributed by atoms with Crippen LogP contribution in [0.5, 0.6) is 0 Å². The number of nitrogens with one attached hydrogen (secondary N) is 1. The van der Waals surface area contributed by atoms with Crippen LogP contribution in [0, 0.1) is 6.92 Å². The Balaban J connectivity index is 1.67. The Kier molecular flexibility index (Phi) is 4.81. The van der Waals surface area contributed by atoms with Gasteiger partial charge in [-0.1, -0.05) is 18.2 Å². The van der Waals surface area contributed by atoms with Gasteiger partial charge in [0.1, 0.15) is 0 Å². The number of benzene rings is 1. The summed E-state index contributed by atoms with van der Waals surface area (Å²) in [5.74, 6) is -0.520. The van der Waals surface area contributed by atoms with Crippen molar-refractivity contribution in [3.05, 3.63) is 57.9 Å². The fraction of sp³-hybridized carbons (Fsp3) is 0.263. The topological polar surface area (TPSA) is 59.2 Å². The van der Waals surface area contributed by atoms with E-state index in [2.05, 4.69) is 4.98 Å². The molecule has 0 fully saturated rings. The number of H-pyrrole nitrogens is 1. The standard InChI is InChI=1S/C19H19NO3S/c1-12-18(15-5-3-4-6-16(15)20-12)19(22)13(2)23-17(21)8-7-14-9-10-24-11-14/h3-6,9-11,13,20H,7-8H2,1-2H3/t13-/m1/s1. The van der Waals surface area contributed by atoms with Gasteiger partial charge in [0.05, 0.1) is 0 Å². The number of ether oxygens (including phenoxy) is 1. The molecule has 0 unspecified atom stereocenters. The highest BCUT2D eigenvalue weighted by Gasteiger charge is 2.24. The van der Waals surface area contributed by atoms with Gasteiger partial charge in [-0.3, -0.25) is 9.59 Å². The Labute approximate surface area is 144 Å². The predicted octanol–water partition coefficient (Wildman–Crippen LogP) is 4.29. The van der Waals surface area contributed by atoms with E-state index in [1.165, 1.54) is 0 Å². The summed E-state index contributed by atoms with van der Waals surface area (Å²) in [4.78, 5) is 27.9. The van der Waals surface area contributed by atoms with Crippen LogP contribution < -0.4 is 0 Å². The maximum Gasteiger partial charge on any atom is 0.306 e. The first-order chi connectivity index (χ1) is 11.6. The van der Waals surface area contributed by atoms with Crippen molar-refractivity contribution < 1.29 is 14.3 Å². The van der Waals surface area contributed by atoms with Crippen molar-refractivity contribution in [2.24, 2.45) is 0 Å². The Morgan fingerprint density at radius 2 is 2.04 bits per heavy atom. The van der Waals surface area contributed by atoms with Gasteiger partial charge in [-0.15, -0.1) is 0 Å². The van der Waals surface area contributed by atoms with Crippen LogP contribution in [0.2, 0.25) is 0 Å². The van der Waals surface area contributed by atoms with E-state index < -0.39 is 6.10 Å². The lowest BCUT2D eigenvalue weighted by Gasteiger charge is -2.12. The molecule has 0 amide bonds. The molecule has 0 spiro atoms. The molecule has 3 rings (SSSR count). The van der Waals surface area contributed by atoms with Crippen molar-refractivity contribution in [3.8, 4) is 0 Å². The smallest absolute Gasteiger partial charge is 0.306 e. The first-order valence-electron chi connectivity index (χ1n) is 7.88. The molecule has 1 aromatic carbocycles. The zero-order valence-electron chi connectivity index (χ0n) is 13.7. The Morgan fingerprint density at radius 3 is 2.79 bits per heavy atom. The molecule has 2 aromatic heterocycles. The van der Waals surface area contributed by atoms with Crippen LogP contribution in [0.4, 0.5) is 0 Å². The van der Waals surface area contributed by atoms with Gasteiger partial charge in [-0.25, -0.2) is 0 Å². The number of aryl methyl sites for hydroxylation is 2. The fourth-order valence-electron chi connectivity index (χ4n) is 2.79. The van der Waals surface area contributed by atoms with E-state index in [-0.39, 0.29) is 18.2 Å². The van der Waals surface area contributed by atoms with Gasteiger partial charge in [-0.05, 0) is 48.7 Å². The monoisotopic (exact) mass is 341 g/mol. The second kappa shape index (κ2) is 7.01. The van der Waals surface area contributed by atoms with Crippen molar-refractivity contribution >= 4 is 34.0 Å². The van der Waals surface area contributed by atoms with Crippen LogP contribution in [-0.2, 0) is 16.0 Å². The van der Waals surface area contributed by atoms with Crippen molar-refractivity contribution in [1.82, 2.24) is 4.98 Å². The summed E-state index contributed by atoms with van der Waals surface area (Å²) in [6, 6.07) is 9.62. The van der Waals surface area contributed by atoms with Gasteiger partial charge in [0.25, 0.3) is 0 Å². The Hall–Kier alpha value is -2.40. The number of hydrogen-bond acceptors (Lipinski definition) is 4. The highest BCUT2D eigenvalue weighted by Crippen LogP contribution is 2.24. The van der Waals surface area contributed by atoms with Crippen LogP contribution in [-0.4, -0.2) is 22.8 Å². The normalized spacial score (nSPS) is 12.2. The molecular weight excluding hydrogens is 322 g/mol. The average Bonchev–Trinajstić information content (AvgIpc) is 3.18. The first kappa shape index (κ1) is 16.5. The van der Waals surface area contributed by atoms with Gasteiger partial charge in [0, 0.05) is 28.6 Å². The van der Waals surface area contributed by atoms with Gasteiger partial charge >= 0.3 is 5.97 Å². The molecule has 0 aliphatic heterocycles. The third-order valence-corrected chi connectivity index (χ3v) is 4.75. The van der Waals surface area contributed by atoms with Crippen molar-refractivity contribution in [2.45, 2.75) is 32.8 Å². The number of hydrogen-bond donors (Lipinski definition) is 1. The second-order valence-corrected chi connectivity index (χ2v) is 6.58. The third kappa shape index (κ3) is 3.41. The molecule has 0 aliphatic rings. The summed E-state index contributed by atoms with van der Waals surface area (Å²) < 4.78 is 5.34. The van der Waals surface area contributed by atoms with Gasteiger partial charge in [0.2, 0.25) is 5.78 Å². The summed E-state index contributed by atoms with van der Waals surface area (Å²) in [7, 11) is 0. The van der Waals surface area contributed by atoms with Crippen molar-refractivity contribution in [2.75, 3.05) is 0 Å². The number of fused-ring (bicyclic) bond motifs is 1. The Morgan fingerprint density at radius 1 is 1.25 bits per heavy atom. The van der Waals surface area contributed by atoms with Gasteiger partial charge in [0.15, 0.2) is 6.10 Å². The molecule has 1 atom stereocenters. The molecule has 0 bridgehead atoms. The number of aromatic nitrogens is 1. The number of esters is 1. The number of Topliss-reactive ketones (excluding diaryl/α,β-unsaturated/α-hetero) is 1. The number of ketones is 1. The van der Waals surface area contributed by atoms with Crippen molar-refractivity contribution in [3.63, 3.8) is 0 Å². The third-order valence-electron chi connectivity index (χ3n) is 4.02. The average molecular weight is 341 g/mol. The summed E-state index contributed by atoms with van der Waals surface area (Å²) in [6.45, 7) is 3.49. The molecular formula is C19H19NO3S. The lowest BCUT2D eigenvalue weighted by atomic mass is 10.0. The molecule has 1 N–H and O–H groups in total. The number of rotatable bonds is 6. The number of carbonyl (C=O) groups excluding carboxylic acids is 2. The van der Waals surface area contributed by atoms with Crippen LogP contribution in [0.15, 0.2) is 41.1 Å². The SMILES string of the molecule is Cc1[nH]c2ccccc2c1C(=O)[C@@H](C)OC(=O)CCc1ccsc1. The largest absolute Gasteiger partial charge is 0.454 e. The second-order valence-electron chi connectivity index (χ2n) is 5.80. The van der Waals surface area contributed by atoms with Gasteiger partial charge in [-0.2, -0.15) is 11.3 Å². The van der Waals surface area contributed by atoms with Crippen LogP contribution in [0.25, 0.3) is 10.9 Å². The first-order valence-corrected chi connectivity index (χ1v) is 8.82. The molecule has 2 heterocycles. The molecule has 4 nitrogen and oxygen atoms in total. The van der Waals surface area contributed by atoms with E-state index in [4.69, 9.17) is 4.74 Å². The molecule has 0 aliphatic carbocycles. The quantitative estimate of drug-likeness (QED) is 0.537. The van der Waals surface area contributed by atoms with E-state index in [1.54, 1.807) is 18.3 Å². The van der Waals surface area contributed by atoms with E-state index in [0.29, 0.717) is 12.0 Å². The molecule has 124 valence electrons. The molecule has 24 heavy (non-hydrogen) atoms. The number of carbonyl (C=O) groups is 2. The highest BCUT2D eigenvalue weighted by atomic mass is 32.1. The molecule has 0 radical (unpaired) electrons.